The number of nitrogens with zero attached hydrogens (tertiary/aromatic N) is 1. The third-order valence-corrected chi connectivity index (χ3v) is 4.43. The number of nitrogens with one attached hydrogen (secondary N) is 2. The van der Waals surface area contributed by atoms with Gasteiger partial charge in [-0.25, -0.2) is 8.42 Å². The van der Waals surface area contributed by atoms with Crippen molar-refractivity contribution in [3.8, 4) is 0 Å². The van der Waals surface area contributed by atoms with Crippen molar-refractivity contribution in [3.63, 3.8) is 0 Å². The molecule has 0 aliphatic carbocycles. The minimum Gasteiger partial charge on any atom is -0.322 e. The first-order valence-corrected chi connectivity index (χ1v) is 10.2. The van der Waals surface area contributed by atoms with Crippen LogP contribution in [-0.4, -0.2) is 25.6 Å². The predicted octanol–water partition coefficient (Wildman–Crippen LogP) is 3.30. The fraction of sp³-hybridized carbons (Fsp3) is 0.100. The van der Waals surface area contributed by atoms with Crippen molar-refractivity contribution in [1.82, 2.24) is 4.98 Å². The third kappa shape index (κ3) is 5.65. The molecule has 2 aromatic carbocycles. The normalized spacial score (nSPS) is 11.0. The summed E-state index contributed by atoms with van der Waals surface area (Å²) in [6.45, 7) is 0. The quantitative estimate of drug-likeness (QED) is 0.686. The molecule has 1 amide bonds. The SMILES string of the molecule is CS(=O)(=O)Nc1ccc(C(=O)Nc2ccc(Cc3ccncc3)cc2)cc1. The summed E-state index contributed by atoms with van der Waals surface area (Å²) in [7, 11) is -3.34. The summed E-state index contributed by atoms with van der Waals surface area (Å²) in [5.41, 5.74) is 3.85. The van der Waals surface area contributed by atoms with E-state index >= 15 is 0 Å². The van der Waals surface area contributed by atoms with Gasteiger partial charge in [0.2, 0.25) is 10.0 Å². The lowest BCUT2D eigenvalue weighted by Gasteiger charge is -2.08. The number of rotatable bonds is 6. The Labute approximate surface area is 158 Å². The van der Waals surface area contributed by atoms with Gasteiger partial charge in [0.15, 0.2) is 0 Å². The number of hydrogen-bond acceptors (Lipinski definition) is 4. The number of carbonyl (C=O) groups is 1. The lowest BCUT2D eigenvalue weighted by atomic mass is 10.1. The van der Waals surface area contributed by atoms with E-state index in [2.05, 4.69) is 15.0 Å². The Morgan fingerprint density at radius 2 is 1.41 bits per heavy atom. The maximum Gasteiger partial charge on any atom is 0.255 e. The van der Waals surface area contributed by atoms with E-state index < -0.39 is 10.0 Å². The largest absolute Gasteiger partial charge is 0.322 e. The molecule has 1 aromatic heterocycles. The standard InChI is InChI=1S/C20H19N3O3S/c1-27(25,26)23-19-8-4-17(5-9-19)20(24)22-18-6-2-15(3-7-18)14-16-10-12-21-13-11-16/h2-13,23H,14H2,1H3,(H,22,24). The van der Waals surface area contributed by atoms with Gasteiger partial charge in [0.25, 0.3) is 5.91 Å². The topological polar surface area (TPSA) is 88.2 Å². The molecule has 0 spiro atoms. The van der Waals surface area contributed by atoms with Crippen LogP contribution >= 0.6 is 0 Å². The van der Waals surface area contributed by atoms with Crippen LogP contribution < -0.4 is 10.0 Å². The van der Waals surface area contributed by atoms with E-state index in [1.54, 1.807) is 36.7 Å². The van der Waals surface area contributed by atoms with Crippen LogP contribution in [0.5, 0.6) is 0 Å². The summed E-state index contributed by atoms with van der Waals surface area (Å²) in [5, 5.41) is 2.83. The highest BCUT2D eigenvalue weighted by Gasteiger charge is 2.08. The zero-order valence-electron chi connectivity index (χ0n) is 14.7. The second-order valence-electron chi connectivity index (χ2n) is 6.13. The van der Waals surface area contributed by atoms with Crippen molar-refractivity contribution in [3.05, 3.63) is 89.7 Å². The highest BCUT2D eigenvalue weighted by Crippen LogP contribution is 2.16. The second kappa shape index (κ2) is 8.01. The van der Waals surface area contributed by atoms with E-state index in [4.69, 9.17) is 0 Å². The molecular formula is C20H19N3O3S. The first-order valence-electron chi connectivity index (χ1n) is 8.26. The summed E-state index contributed by atoms with van der Waals surface area (Å²) in [6.07, 6.45) is 5.40. The average molecular weight is 381 g/mol. The van der Waals surface area contributed by atoms with Crippen LogP contribution in [0.1, 0.15) is 21.5 Å². The van der Waals surface area contributed by atoms with Gasteiger partial charge in [-0.15, -0.1) is 0 Å². The average Bonchev–Trinajstić information content (AvgIpc) is 2.63. The summed E-state index contributed by atoms with van der Waals surface area (Å²) in [5.74, 6) is -0.261. The van der Waals surface area contributed by atoms with Crippen molar-refractivity contribution in [2.45, 2.75) is 6.42 Å². The van der Waals surface area contributed by atoms with Crippen LogP contribution in [0, 0.1) is 0 Å². The zero-order valence-corrected chi connectivity index (χ0v) is 15.5. The monoisotopic (exact) mass is 381 g/mol. The predicted molar refractivity (Wildman–Crippen MR) is 106 cm³/mol. The summed E-state index contributed by atoms with van der Waals surface area (Å²) in [6, 6.07) is 17.8. The molecule has 0 saturated heterocycles. The molecule has 0 fully saturated rings. The van der Waals surface area contributed by atoms with Crippen LogP contribution in [0.25, 0.3) is 0 Å². The molecule has 1 heterocycles. The number of carbonyl (C=O) groups excluding carboxylic acids is 1. The Morgan fingerprint density at radius 1 is 0.852 bits per heavy atom. The van der Waals surface area contributed by atoms with Crippen LogP contribution in [0.2, 0.25) is 0 Å². The zero-order chi connectivity index (χ0) is 19.3. The van der Waals surface area contributed by atoms with Crippen LogP contribution in [0.15, 0.2) is 73.1 Å². The highest BCUT2D eigenvalue weighted by molar-refractivity contribution is 7.92. The Bertz CT molecular complexity index is 1020. The van der Waals surface area contributed by atoms with E-state index in [9.17, 15) is 13.2 Å². The Hall–Kier alpha value is -3.19. The molecule has 6 nitrogen and oxygen atoms in total. The van der Waals surface area contributed by atoms with Gasteiger partial charge in [-0.05, 0) is 66.1 Å². The van der Waals surface area contributed by atoms with E-state index in [1.807, 2.05) is 36.4 Å². The van der Waals surface area contributed by atoms with E-state index in [0.29, 0.717) is 16.9 Å². The van der Waals surface area contributed by atoms with E-state index in [-0.39, 0.29) is 5.91 Å². The Balaban J connectivity index is 1.62. The molecule has 0 atom stereocenters. The number of pyridine rings is 1. The fourth-order valence-electron chi connectivity index (χ4n) is 2.55. The Kier molecular flexibility index (Phi) is 5.52. The van der Waals surface area contributed by atoms with Crippen LogP contribution in [-0.2, 0) is 16.4 Å². The van der Waals surface area contributed by atoms with Crippen LogP contribution in [0.4, 0.5) is 11.4 Å². The van der Waals surface area contributed by atoms with E-state index in [0.717, 1.165) is 18.2 Å². The van der Waals surface area contributed by atoms with Gasteiger partial charge in [0.1, 0.15) is 0 Å². The molecule has 0 radical (unpaired) electrons. The minimum absolute atomic E-state index is 0.261. The van der Waals surface area contributed by atoms with Crippen molar-refractivity contribution in [1.29, 1.82) is 0 Å². The number of anilines is 2. The molecule has 3 aromatic rings. The van der Waals surface area contributed by atoms with E-state index in [1.165, 1.54) is 5.56 Å². The molecule has 0 bridgehead atoms. The van der Waals surface area contributed by atoms with Crippen molar-refractivity contribution < 1.29 is 13.2 Å². The smallest absolute Gasteiger partial charge is 0.255 e. The van der Waals surface area contributed by atoms with Gasteiger partial charge in [-0.2, -0.15) is 0 Å². The number of aromatic nitrogens is 1. The molecular weight excluding hydrogens is 362 g/mol. The molecule has 27 heavy (non-hydrogen) atoms. The number of hydrogen-bond donors (Lipinski definition) is 2. The minimum atomic E-state index is -3.34. The van der Waals surface area contributed by atoms with Gasteiger partial charge in [0.05, 0.1) is 6.26 Å². The van der Waals surface area contributed by atoms with Gasteiger partial charge in [0, 0.05) is 29.3 Å². The summed E-state index contributed by atoms with van der Waals surface area (Å²) >= 11 is 0. The number of amides is 1. The van der Waals surface area contributed by atoms with Gasteiger partial charge in [-0.3, -0.25) is 14.5 Å². The van der Waals surface area contributed by atoms with Crippen molar-refractivity contribution in [2.75, 3.05) is 16.3 Å². The Morgan fingerprint density at radius 3 is 2.00 bits per heavy atom. The molecule has 3 rings (SSSR count). The molecule has 0 saturated carbocycles. The lowest BCUT2D eigenvalue weighted by Crippen LogP contribution is -2.13. The van der Waals surface area contributed by atoms with Crippen LogP contribution in [0.3, 0.4) is 0 Å². The highest BCUT2D eigenvalue weighted by atomic mass is 32.2. The van der Waals surface area contributed by atoms with Gasteiger partial charge in [-0.1, -0.05) is 12.1 Å². The first-order chi connectivity index (χ1) is 12.9. The lowest BCUT2D eigenvalue weighted by molar-refractivity contribution is 0.102. The molecule has 0 unspecified atom stereocenters. The second-order valence-corrected chi connectivity index (χ2v) is 7.88. The molecule has 138 valence electrons. The molecule has 0 aliphatic heterocycles. The maximum absolute atomic E-state index is 12.3. The molecule has 0 aliphatic rings. The van der Waals surface area contributed by atoms with Crippen molar-refractivity contribution in [2.24, 2.45) is 0 Å². The first kappa shape index (κ1) is 18.6. The van der Waals surface area contributed by atoms with Gasteiger partial charge >= 0.3 is 0 Å². The summed E-state index contributed by atoms with van der Waals surface area (Å²) < 4.78 is 24.8. The molecule has 7 heteroatoms. The third-order valence-electron chi connectivity index (χ3n) is 3.82. The number of sulfonamides is 1. The van der Waals surface area contributed by atoms with Gasteiger partial charge < -0.3 is 5.32 Å². The summed E-state index contributed by atoms with van der Waals surface area (Å²) in [4.78, 5) is 16.3. The number of benzene rings is 2. The fourth-order valence-corrected chi connectivity index (χ4v) is 3.11. The maximum atomic E-state index is 12.3. The molecule has 2 N–H and O–H groups in total. The van der Waals surface area contributed by atoms with Crippen molar-refractivity contribution >= 4 is 27.3 Å².